The van der Waals surface area contributed by atoms with E-state index in [1.54, 1.807) is 0 Å². The summed E-state index contributed by atoms with van der Waals surface area (Å²) in [6, 6.07) is 2.10. The smallest absolute Gasteiger partial charge is 0.154 e. The first-order valence-electron chi connectivity index (χ1n) is 6.90. The van der Waals surface area contributed by atoms with Crippen molar-refractivity contribution < 1.29 is 0 Å². The van der Waals surface area contributed by atoms with Crippen LogP contribution >= 0.6 is 11.6 Å². The molecule has 0 radical (unpaired) electrons. The molecule has 3 rings (SSSR count). The summed E-state index contributed by atoms with van der Waals surface area (Å²) in [6.07, 6.45) is 7.34. The van der Waals surface area contributed by atoms with Gasteiger partial charge in [0.15, 0.2) is 5.82 Å². The van der Waals surface area contributed by atoms with E-state index in [9.17, 15) is 0 Å². The summed E-state index contributed by atoms with van der Waals surface area (Å²) in [5, 5.41) is 4.45. The lowest BCUT2D eigenvalue weighted by molar-refractivity contribution is 0.405. The molecule has 102 valence electrons. The fraction of sp³-hybridized carbons (Fsp3) is 0.571. The van der Waals surface area contributed by atoms with Gasteiger partial charge < -0.3 is 4.90 Å². The molecule has 0 aliphatic carbocycles. The van der Waals surface area contributed by atoms with Crippen molar-refractivity contribution in [2.24, 2.45) is 5.92 Å². The Morgan fingerprint density at radius 2 is 2.37 bits per heavy atom. The van der Waals surface area contributed by atoms with Gasteiger partial charge in [0, 0.05) is 31.4 Å². The molecule has 0 bridgehead atoms. The number of hydrogen-bond acceptors (Lipinski definition) is 3. The van der Waals surface area contributed by atoms with Crippen molar-refractivity contribution in [1.29, 1.82) is 0 Å². The van der Waals surface area contributed by atoms with E-state index in [1.165, 1.54) is 12.8 Å². The number of anilines is 1. The average Bonchev–Trinajstić information content (AvgIpc) is 2.79. The van der Waals surface area contributed by atoms with Crippen molar-refractivity contribution in [3.05, 3.63) is 24.2 Å². The fourth-order valence-corrected chi connectivity index (χ4v) is 3.23. The van der Waals surface area contributed by atoms with Crippen LogP contribution in [-0.2, 0) is 0 Å². The zero-order chi connectivity index (χ0) is 13.2. The zero-order valence-electron chi connectivity index (χ0n) is 11.2. The highest BCUT2D eigenvalue weighted by Gasteiger charge is 2.22. The third-order valence-electron chi connectivity index (χ3n) is 3.83. The minimum atomic E-state index is 0.692. The van der Waals surface area contributed by atoms with Crippen molar-refractivity contribution in [3.8, 4) is 0 Å². The van der Waals surface area contributed by atoms with E-state index in [1.807, 2.05) is 23.8 Å². The monoisotopic (exact) mass is 278 g/mol. The number of halogens is 1. The molecular weight excluding hydrogens is 260 g/mol. The summed E-state index contributed by atoms with van der Waals surface area (Å²) >= 11 is 5.88. The first kappa shape index (κ1) is 12.7. The summed E-state index contributed by atoms with van der Waals surface area (Å²) in [4.78, 5) is 6.96. The van der Waals surface area contributed by atoms with E-state index in [0.29, 0.717) is 5.92 Å². The van der Waals surface area contributed by atoms with Crippen molar-refractivity contribution in [2.45, 2.75) is 26.2 Å². The normalized spacial score (nSPS) is 20.1. The molecule has 0 N–H and O–H groups in total. The van der Waals surface area contributed by atoms with Crippen LogP contribution in [0.2, 0.25) is 0 Å². The molecule has 1 aliphatic heterocycles. The van der Waals surface area contributed by atoms with E-state index in [-0.39, 0.29) is 0 Å². The molecule has 1 atom stereocenters. The number of hydrogen-bond donors (Lipinski definition) is 0. The molecule has 1 fully saturated rings. The van der Waals surface area contributed by atoms with Crippen LogP contribution < -0.4 is 4.90 Å². The molecule has 2 aromatic rings. The Morgan fingerprint density at radius 3 is 3.21 bits per heavy atom. The van der Waals surface area contributed by atoms with Crippen molar-refractivity contribution in [1.82, 2.24) is 14.6 Å². The number of fused-ring (bicyclic) bond motifs is 1. The van der Waals surface area contributed by atoms with Gasteiger partial charge in [-0.3, -0.25) is 0 Å². The zero-order valence-corrected chi connectivity index (χ0v) is 12.0. The Labute approximate surface area is 118 Å². The molecule has 0 amide bonds. The van der Waals surface area contributed by atoms with Crippen LogP contribution in [0.1, 0.15) is 25.0 Å². The minimum Gasteiger partial charge on any atom is -0.355 e. The largest absolute Gasteiger partial charge is 0.355 e. The van der Waals surface area contributed by atoms with Crippen LogP contribution in [0.15, 0.2) is 18.5 Å². The lowest BCUT2D eigenvalue weighted by Crippen LogP contribution is -2.36. The van der Waals surface area contributed by atoms with Crippen LogP contribution in [0.25, 0.3) is 5.52 Å². The van der Waals surface area contributed by atoms with Crippen LogP contribution in [0.4, 0.5) is 5.82 Å². The fourth-order valence-electron chi connectivity index (χ4n) is 2.92. The molecule has 4 nitrogen and oxygen atoms in total. The Bertz CT molecular complexity index is 564. The number of alkyl halides is 1. The van der Waals surface area contributed by atoms with Crippen molar-refractivity contribution in [3.63, 3.8) is 0 Å². The third-order valence-corrected chi connectivity index (χ3v) is 4.05. The maximum atomic E-state index is 5.88. The van der Waals surface area contributed by atoms with E-state index in [0.717, 1.165) is 42.4 Å². The molecular formula is C14H19ClN4. The molecule has 3 heterocycles. The molecule has 0 saturated carbocycles. The predicted octanol–water partition coefficient (Wildman–Crippen LogP) is 2.88. The molecule has 0 aromatic carbocycles. The van der Waals surface area contributed by atoms with E-state index in [2.05, 4.69) is 21.0 Å². The second-order valence-electron chi connectivity index (χ2n) is 5.30. The van der Waals surface area contributed by atoms with Gasteiger partial charge in [-0.1, -0.05) is 0 Å². The molecule has 1 aliphatic rings. The van der Waals surface area contributed by atoms with E-state index in [4.69, 9.17) is 11.6 Å². The summed E-state index contributed by atoms with van der Waals surface area (Å²) in [5.41, 5.74) is 2.13. The lowest BCUT2D eigenvalue weighted by atomic mass is 9.95. The van der Waals surface area contributed by atoms with Gasteiger partial charge in [0.05, 0.1) is 5.69 Å². The highest BCUT2D eigenvalue weighted by molar-refractivity contribution is 6.17. The third kappa shape index (κ3) is 2.54. The Hall–Kier alpha value is -1.29. The predicted molar refractivity (Wildman–Crippen MR) is 78.0 cm³/mol. The highest BCUT2D eigenvalue weighted by Crippen LogP contribution is 2.27. The van der Waals surface area contributed by atoms with Crippen molar-refractivity contribution >= 4 is 22.9 Å². The van der Waals surface area contributed by atoms with Gasteiger partial charge in [-0.15, -0.1) is 11.6 Å². The van der Waals surface area contributed by atoms with E-state index < -0.39 is 0 Å². The second-order valence-corrected chi connectivity index (χ2v) is 5.68. The van der Waals surface area contributed by atoms with Gasteiger partial charge in [0.2, 0.25) is 0 Å². The topological polar surface area (TPSA) is 33.4 Å². The van der Waals surface area contributed by atoms with Crippen LogP contribution in [-0.4, -0.2) is 33.6 Å². The molecule has 5 heteroatoms. The van der Waals surface area contributed by atoms with Crippen LogP contribution in [0, 0.1) is 12.8 Å². The summed E-state index contributed by atoms with van der Waals surface area (Å²) < 4.78 is 1.92. The number of piperidine rings is 1. The first-order chi connectivity index (χ1) is 9.28. The maximum absolute atomic E-state index is 5.88. The maximum Gasteiger partial charge on any atom is 0.154 e. The van der Waals surface area contributed by atoms with Gasteiger partial charge >= 0.3 is 0 Å². The van der Waals surface area contributed by atoms with Crippen molar-refractivity contribution in [2.75, 3.05) is 23.9 Å². The quantitative estimate of drug-likeness (QED) is 0.810. The lowest BCUT2D eigenvalue weighted by Gasteiger charge is -2.33. The molecule has 1 saturated heterocycles. The number of nitrogens with zero attached hydrogens (tertiary/aromatic N) is 4. The minimum absolute atomic E-state index is 0.692. The first-order valence-corrected chi connectivity index (χ1v) is 7.43. The summed E-state index contributed by atoms with van der Waals surface area (Å²) in [5.74, 6) is 2.50. The van der Waals surface area contributed by atoms with Gasteiger partial charge in [-0.2, -0.15) is 5.10 Å². The van der Waals surface area contributed by atoms with Gasteiger partial charge in [-0.25, -0.2) is 9.50 Å². The van der Waals surface area contributed by atoms with E-state index >= 15 is 0 Å². The summed E-state index contributed by atoms with van der Waals surface area (Å²) in [7, 11) is 0. The van der Waals surface area contributed by atoms with Gasteiger partial charge in [-0.05, 0) is 38.2 Å². The Balaban J connectivity index is 1.90. The van der Waals surface area contributed by atoms with Gasteiger partial charge in [0.25, 0.3) is 0 Å². The molecule has 0 spiro atoms. The number of rotatable bonds is 3. The highest BCUT2D eigenvalue weighted by atomic mass is 35.5. The SMILES string of the molecule is Cc1cc2c(N3CCCC(CCCl)C3)nccn2n1. The summed E-state index contributed by atoms with van der Waals surface area (Å²) in [6.45, 7) is 4.16. The van der Waals surface area contributed by atoms with Gasteiger partial charge in [0.1, 0.15) is 5.52 Å². The standard InChI is InChI=1S/C14H19ClN4/c1-11-9-13-14(16-6-8-19(13)17-11)18-7-2-3-12(10-18)4-5-15/h6,8-9,12H,2-5,7,10H2,1H3. The molecule has 1 unspecified atom stereocenters. The Morgan fingerprint density at radius 1 is 1.47 bits per heavy atom. The second kappa shape index (κ2) is 5.37. The van der Waals surface area contributed by atoms with Crippen LogP contribution in [0.3, 0.4) is 0 Å². The Kier molecular flexibility index (Phi) is 3.60. The molecule has 19 heavy (non-hydrogen) atoms. The van der Waals surface area contributed by atoms with Crippen LogP contribution in [0.5, 0.6) is 0 Å². The number of aromatic nitrogens is 3. The average molecular weight is 279 g/mol. The molecule has 2 aromatic heterocycles. The number of aryl methyl sites for hydroxylation is 1.